The van der Waals surface area contributed by atoms with E-state index in [9.17, 15) is 0 Å². The van der Waals surface area contributed by atoms with E-state index < -0.39 is 0 Å². The second-order valence-corrected chi connectivity index (χ2v) is 3.29. The molecule has 0 fully saturated rings. The molecule has 2 aromatic rings. The van der Waals surface area contributed by atoms with E-state index in [0.29, 0.717) is 6.54 Å². The minimum atomic E-state index is 0.716. The predicted molar refractivity (Wildman–Crippen MR) is 49.2 cm³/mol. The molecule has 4 nitrogen and oxygen atoms in total. The third kappa shape index (κ3) is 2.37. The minimum absolute atomic E-state index is 0.716. The second-order valence-electron chi connectivity index (χ2n) is 2.57. The molecule has 0 amide bonds. The van der Waals surface area contributed by atoms with E-state index >= 15 is 0 Å². The quantitative estimate of drug-likeness (QED) is 0.801. The Hall–Kier alpha value is -1.20. The lowest BCUT2D eigenvalue weighted by molar-refractivity contribution is 0.408. The van der Waals surface area contributed by atoms with Gasteiger partial charge in [-0.05, 0) is 0 Å². The van der Waals surface area contributed by atoms with Crippen LogP contribution in [0.5, 0.6) is 0 Å². The van der Waals surface area contributed by atoms with E-state index in [2.05, 4.69) is 15.5 Å². The molecule has 0 aromatic carbocycles. The van der Waals surface area contributed by atoms with E-state index in [1.165, 1.54) is 0 Å². The maximum Gasteiger partial charge on any atom is 0.124 e. The van der Waals surface area contributed by atoms with Gasteiger partial charge >= 0.3 is 0 Å². The van der Waals surface area contributed by atoms with Crippen LogP contribution >= 0.6 is 11.3 Å². The van der Waals surface area contributed by atoms with Crippen LogP contribution in [0.25, 0.3) is 0 Å². The highest BCUT2D eigenvalue weighted by Crippen LogP contribution is 2.00. The summed E-state index contributed by atoms with van der Waals surface area (Å²) in [4.78, 5) is 4.15. The van der Waals surface area contributed by atoms with Crippen LogP contribution < -0.4 is 5.32 Å². The van der Waals surface area contributed by atoms with Gasteiger partial charge in [-0.15, -0.1) is 11.3 Å². The summed E-state index contributed by atoms with van der Waals surface area (Å²) in [7, 11) is 0. The molecule has 13 heavy (non-hydrogen) atoms. The lowest BCUT2D eigenvalue weighted by Crippen LogP contribution is -2.12. The van der Waals surface area contributed by atoms with Crippen LogP contribution in [0.2, 0.25) is 0 Å². The fraction of sp³-hybridized carbons (Fsp3) is 0.250. The largest absolute Gasteiger partial charge is 0.364 e. The van der Waals surface area contributed by atoms with E-state index in [-0.39, 0.29) is 0 Å². The van der Waals surface area contributed by atoms with E-state index in [1.807, 2.05) is 17.0 Å². The summed E-state index contributed by atoms with van der Waals surface area (Å²) in [6, 6.07) is 1.84. The van der Waals surface area contributed by atoms with Crippen molar-refractivity contribution in [1.82, 2.24) is 15.5 Å². The summed E-state index contributed by atoms with van der Waals surface area (Å²) in [5.41, 5.74) is 3.80. The molecule has 2 heterocycles. The van der Waals surface area contributed by atoms with Crippen molar-refractivity contribution >= 4 is 11.3 Å². The summed E-state index contributed by atoms with van der Waals surface area (Å²) >= 11 is 1.60. The van der Waals surface area contributed by atoms with Gasteiger partial charge in [0, 0.05) is 24.5 Å². The molecular formula is C8H9N3OS. The molecule has 1 N–H and O–H groups in total. The molecule has 68 valence electrons. The van der Waals surface area contributed by atoms with Gasteiger partial charge in [-0.1, -0.05) is 5.16 Å². The molecule has 0 unspecified atom stereocenters. The number of rotatable bonds is 4. The zero-order valence-corrected chi connectivity index (χ0v) is 7.75. The van der Waals surface area contributed by atoms with Gasteiger partial charge in [-0.2, -0.15) is 0 Å². The zero-order chi connectivity index (χ0) is 8.93. The molecule has 2 rings (SSSR count). The Morgan fingerprint density at radius 1 is 1.38 bits per heavy atom. The third-order valence-corrected chi connectivity index (χ3v) is 2.22. The maximum absolute atomic E-state index is 4.70. The van der Waals surface area contributed by atoms with Gasteiger partial charge < -0.3 is 9.84 Å². The van der Waals surface area contributed by atoms with E-state index in [0.717, 1.165) is 17.9 Å². The van der Waals surface area contributed by atoms with Crippen LogP contribution in [0.3, 0.4) is 0 Å². The number of thiazole rings is 1. The van der Waals surface area contributed by atoms with Crippen molar-refractivity contribution in [2.75, 3.05) is 0 Å². The van der Waals surface area contributed by atoms with E-state index in [1.54, 1.807) is 17.6 Å². The lowest BCUT2D eigenvalue weighted by Gasteiger charge is -1.97. The highest BCUT2D eigenvalue weighted by molar-refractivity contribution is 7.07. The van der Waals surface area contributed by atoms with Gasteiger partial charge in [0.25, 0.3) is 0 Å². The van der Waals surface area contributed by atoms with E-state index in [4.69, 9.17) is 4.52 Å². The first-order chi connectivity index (χ1) is 6.45. The Morgan fingerprint density at radius 2 is 2.31 bits per heavy atom. The average molecular weight is 195 g/mol. The molecule has 0 spiro atoms. The van der Waals surface area contributed by atoms with Crippen molar-refractivity contribution in [3.8, 4) is 0 Å². The first kappa shape index (κ1) is 8.40. The SMILES string of the molecule is c1cc(CNCc2cscn2)no1. The van der Waals surface area contributed by atoms with Crippen LogP contribution in [0, 0.1) is 0 Å². The average Bonchev–Trinajstić information content (AvgIpc) is 2.75. The Kier molecular flexibility index (Phi) is 2.68. The molecule has 0 aliphatic rings. The molecule has 2 aromatic heterocycles. The molecule has 5 heteroatoms. The highest BCUT2D eigenvalue weighted by Gasteiger charge is 1.96. The monoisotopic (exact) mass is 195 g/mol. The fourth-order valence-corrected chi connectivity index (χ4v) is 1.53. The zero-order valence-electron chi connectivity index (χ0n) is 6.93. The van der Waals surface area contributed by atoms with Crippen molar-refractivity contribution in [3.63, 3.8) is 0 Å². The first-order valence-electron chi connectivity index (χ1n) is 3.92. The summed E-state index contributed by atoms with van der Waals surface area (Å²) in [6.07, 6.45) is 1.57. The Morgan fingerprint density at radius 3 is 3.00 bits per heavy atom. The van der Waals surface area contributed by atoms with Crippen molar-refractivity contribution in [2.45, 2.75) is 13.1 Å². The molecule has 0 bridgehead atoms. The van der Waals surface area contributed by atoms with Crippen LogP contribution in [-0.4, -0.2) is 10.1 Å². The Balaban J connectivity index is 1.76. The van der Waals surface area contributed by atoms with Crippen molar-refractivity contribution in [2.24, 2.45) is 0 Å². The number of nitrogens with one attached hydrogen (secondary N) is 1. The number of hydrogen-bond donors (Lipinski definition) is 1. The summed E-state index contributed by atoms with van der Waals surface area (Å²) in [5.74, 6) is 0. The topological polar surface area (TPSA) is 51.0 Å². The Labute approximate surface area is 79.6 Å². The van der Waals surface area contributed by atoms with Gasteiger partial charge in [0.2, 0.25) is 0 Å². The second kappa shape index (κ2) is 4.15. The van der Waals surface area contributed by atoms with Crippen LogP contribution in [0.1, 0.15) is 11.4 Å². The summed E-state index contributed by atoms with van der Waals surface area (Å²) in [5, 5.41) is 9.02. The van der Waals surface area contributed by atoms with Gasteiger partial charge in [-0.25, -0.2) is 4.98 Å². The van der Waals surface area contributed by atoms with Crippen LogP contribution in [0.15, 0.2) is 27.7 Å². The normalized spacial score (nSPS) is 10.5. The molecule has 0 atom stereocenters. The summed E-state index contributed by atoms with van der Waals surface area (Å²) in [6.45, 7) is 1.49. The van der Waals surface area contributed by atoms with Crippen LogP contribution in [-0.2, 0) is 13.1 Å². The van der Waals surface area contributed by atoms with Gasteiger partial charge in [0.15, 0.2) is 0 Å². The fourth-order valence-electron chi connectivity index (χ4n) is 0.972. The molecule has 0 aliphatic heterocycles. The molecule has 0 radical (unpaired) electrons. The molecule has 0 saturated heterocycles. The highest BCUT2D eigenvalue weighted by atomic mass is 32.1. The Bertz CT molecular complexity index is 296. The minimum Gasteiger partial charge on any atom is -0.364 e. The molecular weight excluding hydrogens is 186 g/mol. The predicted octanol–water partition coefficient (Wildman–Crippen LogP) is 1.42. The van der Waals surface area contributed by atoms with Crippen molar-refractivity contribution in [3.05, 3.63) is 34.6 Å². The molecule has 0 saturated carbocycles. The number of nitrogens with zero attached hydrogens (tertiary/aromatic N) is 2. The first-order valence-corrected chi connectivity index (χ1v) is 4.86. The number of aromatic nitrogens is 2. The standard InChI is InChI=1S/C8H9N3OS/c1-2-12-11-7(1)3-9-4-8-5-13-6-10-8/h1-2,5-6,9H,3-4H2. The van der Waals surface area contributed by atoms with Gasteiger partial charge in [0.05, 0.1) is 16.9 Å². The smallest absolute Gasteiger partial charge is 0.124 e. The van der Waals surface area contributed by atoms with Gasteiger partial charge in [0.1, 0.15) is 6.26 Å². The summed E-state index contributed by atoms with van der Waals surface area (Å²) < 4.78 is 4.70. The molecule has 0 aliphatic carbocycles. The van der Waals surface area contributed by atoms with Gasteiger partial charge in [-0.3, -0.25) is 0 Å². The van der Waals surface area contributed by atoms with Crippen molar-refractivity contribution < 1.29 is 4.52 Å². The maximum atomic E-state index is 4.70. The third-order valence-electron chi connectivity index (χ3n) is 1.59. The van der Waals surface area contributed by atoms with Crippen molar-refractivity contribution in [1.29, 1.82) is 0 Å². The number of hydrogen-bond acceptors (Lipinski definition) is 5. The lowest BCUT2D eigenvalue weighted by atomic mass is 10.4. The van der Waals surface area contributed by atoms with Crippen LogP contribution in [0.4, 0.5) is 0 Å².